The van der Waals surface area contributed by atoms with Crippen molar-refractivity contribution in [2.24, 2.45) is 11.7 Å². The largest absolute Gasteiger partial charge is 0.365 e. The molecule has 2 rings (SSSR count). The normalized spacial score (nSPS) is 16.5. The minimum absolute atomic E-state index is 0.00250. The summed E-state index contributed by atoms with van der Waals surface area (Å²) in [6.07, 6.45) is 11.6. The molecule has 1 heterocycles. The number of hydrogen-bond donors (Lipinski definition) is 2. The zero-order valence-corrected chi connectivity index (χ0v) is 16.5. The lowest BCUT2D eigenvalue weighted by molar-refractivity contribution is -0.116. The molecule has 0 saturated carbocycles. The van der Waals surface area contributed by atoms with E-state index in [1.165, 1.54) is 37.0 Å². The first-order valence-corrected chi connectivity index (χ1v) is 10.6. The molecule has 0 bridgehead atoms. The van der Waals surface area contributed by atoms with Gasteiger partial charge in [0.15, 0.2) is 0 Å². The summed E-state index contributed by atoms with van der Waals surface area (Å²) in [4.78, 5) is 25.4. The van der Waals surface area contributed by atoms with Crippen LogP contribution in [0.1, 0.15) is 92.4 Å². The second-order valence-electron chi connectivity index (χ2n) is 7.18. The third kappa shape index (κ3) is 5.56. The van der Waals surface area contributed by atoms with Crippen molar-refractivity contribution in [2.45, 2.75) is 84.5 Å². The van der Waals surface area contributed by atoms with Crippen LogP contribution < -0.4 is 11.1 Å². The van der Waals surface area contributed by atoms with E-state index in [4.69, 9.17) is 5.73 Å². The van der Waals surface area contributed by atoms with Gasteiger partial charge in [0, 0.05) is 11.3 Å². The van der Waals surface area contributed by atoms with E-state index >= 15 is 0 Å². The molecule has 1 unspecified atom stereocenters. The van der Waals surface area contributed by atoms with Crippen LogP contribution >= 0.6 is 11.3 Å². The minimum atomic E-state index is -0.412. The number of carbonyl (C=O) groups excluding carboxylic acids is 2. The van der Waals surface area contributed by atoms with Gasteiger partial charge in [-0.2, -0.15) is 0 Å². The molecule has 0 aromatic carbocycles. The summed E-state index contributed by atoms with van der Waals surface area (Å²) in [5.74, 6) is 0.284. The first-order valence-electron chi connectivity index (χ1n) is 9.80. The summed E-state index contributed by atoms with van der Waals surface area (Å²) in [6.45, 7) is 4.40. The Morgan fingerprint density at radius 3 is 2.60 bits per heavy atom. The molecule has 140 valence electrons. The summed E-state index contributed by atoms with van der Waals surface area (Å²) >= 11 is 1.56. The first kappa shape index (κ1) is 20.0. The topological polar surface area (TPSA) is 72.2 Å². The van der Waals surface area contributed by atoms with Gasteiger partial charge in [-0.1, -0.05) is 52.4 Å². The van der Waals surface area contributed by atoms with Crippen LogP contribution in [0.5, 0.6) is 0 Å². The Labute approximate surface area is 155 Å². The average molecular weight is 365 g/mol. The summed E-state index contributed by atoms with van der Waals surface area (Å²) in [5.41, 5.74) is 7.27. The Bertz CT molecular complexity index is 595. The number of thiophene rings is 1. The lowest BCUT2D eigenvalue weighted by Crippen LogP contribution is -2.19. The van der Waals surface area contributed by atoms with Crippen molar-refractivity contribution in [2.75, 3.05) is 5.32 Å². The molecule has 0 spiro atoms. The van der Waals surface area contributed by atoms with Gasteiger partial charge in [-0.25, -0.2) is 0 Å². The van der Waals surface area contributed by atoms with Crippen molar-refractivity contribution in [1.29, 1.82) is 0 Å². The second-order valence-corrected chi connectivity index (χ2v) is 8.29. The van der Waals surface area contributed by atoms with Crippen LogP contribution in [0.15, 0.2) is 0 Å². The molecule has 4 nitrogen and oxygen atoms in total. The lowest BCUT2D eigenvalue weighted by Gasteiger charge is -2.21. The zero-order valence-electron chi connectivity index (χ0n) is 15.7. The number of fused-ring (bicyclic) bond motifs is 1. The summed E-state index contributed by atoms with van der Waals surface area (Å²) in [6, 6.07) is 0. The SMILES string of the molecule is CCCCCCCC(=O)Nc1sc2c(c1C(N)=O)CCC(CCC)C2. The molecule has 1 aromatic heterocycles. The molecule has 25 heavy (non-hydrogen) atoms. The standard InChI is InChI=1S/C20H32N2O2S/c1-3-5-6-7-8-10-17(23)22-20-18(19(21)24)15-12-11-14(9-4-2)13-16(15)25-20/h14H,3-13H2,1-2H3,(H2,21,24)(H,22,23). The fourth-order valence-corrected chi connectivity index (χ4v) is 5.12. The Kier molecular flexibility index (Phi) is 7.94. The molecule has 0 aliphatic heterocycles. The minimum Gasteiger partial charge on any atom is -0.365 e. The number of nitrogens with one attached hydrogen (secondary N) is 1. The Morgan fingerprint density at radius 1 is 1.16 bits per heavy atom. The van der Waals surface area contributed by atoms with Gasteiger partial charge in [0.05, 0.1) is 5.56 Å². The highest BCUT2D eigenvalue weighted by Crippen LogP contribution is 2.40. The molecule has 0 fully saturated rings. The highest BCUT2D eigenvalue weighted by Gasteiger charge is 2.28. The molecular formula is C20H32N2O2S. The highest BCUT2D eigenvalue weighted by molar-refractivity contribution is 7.17. The van der Waals surface area contributed by atoms with Crippen molar-refractivity contribution in [3.63, 3.8) is 0 Å². The second kappa shape index (κ2) is 9.95. The molecule has 2 amide bonds. The van der Waals surface area contributed by atoms with Crippen LogP contribution in [-0.2, 0) is 17.6 Å². The molecule has 3 N–H and O–H groups in total. The predicted octanol–water partition coefficient (Wildman–Crippen LogP) is 5.05. The lowest BCUT2D eigenvalue weighted by atomic mass is 9.84. The van der Waals surface area contributed by atoms with E-state index < -0.39 is 5.91 Å². The van der Waals surface area contributed by atoms with Crippen molar-refractivity contribution in [1.82, 2.24) is 0 Å². The van der Waals surface area contributed by atoms with E-state index in [0.29, 0.717) is 22.9 Å². The Balaban J connectivity index is 2.00. The number of anilines is 1. The van der Waals surface area contributed by atoms with Crippen molar-refractivity contribution in [3.8, 4) is 0 Å². The van der Waals surface area contributed by atoms with Crippen LogP contribution in [0.4, 0.5) is 5.00 Å². The molecular weight excluding hydrogens is 332 g/mol. The van der Waals surface area contributed by atoms with E-state index in [1.54, 1.807) is 11.3 Å². The first-order chi connectivity index (χ1) is 12.1. The maximum Gasteiger partial charge on any atom is 0.251 e. The number of rotatable bonds is 10. The predicted molar refractivity (Wildman–Crippen MR) is 105 cm³/mol. The maximum atomic E-state index is 12.2. The van der Waals surface area contributed by atoms with Gasteiger partial charge in [0.2, 0.25) is 5.91 Å². The van der Waals surface area contributed by atoms with Gasteiger partial charge in [-0.05, 0) is 37.2 Å². The molecule has 1 atom stereocenters. The average Bonchev–Trinajstić information content (AvgIpc) is 2.92. The molecule has 1 aliphatic carbocycles. The van der Waals surface area contributed by atoms with Gasteiger partial charge in [0.1, 0.15) is 5.00 Å². The third-order valence-electron chi connectivity index (χ3n) is 5.07. The summed E-state index contributed by atoms with van der Waals surface area (Å²) in [5, 5.41) is 3.64. The van der Waals surface area contributed by atoms with E-state index in [0.717, 1.165) is 37.7 Å². The van der Waals surface area contributed by atoms with Crippen molar-refractivity contribution >= 4 is 28.2 Å². The van der Waals surface area contributed by atoms with Gasteiger partial charge < -0.3 is 11.1 Å². The molecule has 1 aliphatic rings. The van der Waals surface area contributed by atoms with E-state index in [2.05, 4.69) is 19.2 Å². The maximum absolute atomic E-state index is 12.2. The van der Waals surface area contributed by atoms with Crippen molar-refractivity contribution < 1.29 is 9.59 Å². The smallest absolute Gasteiger partial charge is 0.251 e. The quantitative estimate of drug-likeness (QED) is 0.570. The van der Waals surface area contributed by atoms with Gasteiger partial charge in [-0.3, -0.25) is 9.59 Å². The third-order valence-corrected chi connectivity index (χ3v) is 6.24. The van der Waals surface area contributed by atoms with Crippen molar-refractivity contribution in [3.05, 3.63) is 16.0 Å². The highest BCUT2D eigenvalue weighted by atomic mass is 32.1. The zero-order chi connectivity index (χ0) is 18.2. The fraction of sp³-hybridized carbons (Fsp3) is 0.700. The van der Waals surface area contributed by atoms with Gasteiger partial charge >= 0.3 is 0 Å². The molecule has 5 heteroatoms. The van der Waals surface area contributed by atoms with Crippen LogP contribution in [0.3, 0.4) is 0 Å². The number of hydrogen-bond acceptors (Lipinski definition) is 3. The van der Waals surface area contributed by atoms with Crippen LogP contribution in [-0.4, -0.2) is 11.8 Å². The number of unbranched alkanes of at least 4 members (excludes halogenated alkanes) is 4. The van der Waals surface area contributed by atoms with E-state index in [1.807, 2.05) is 0 Å². The summed E-state index contributed by atoms with van der Waals surface area (Å²) in [7, 11) is 0. The summed E-state index contributed by atoms with van der Waals surface area (Å²) < 4.78 is 0. The van der Waals surface area contributed by atoms with Crippen LogP contribution in [0, 0.1) is 5.92 Å². The molecule has 0 saturated heterocycles. The van der Waals surface area contributed by atoms with Gasteiger partial charge in [-0.15, -0.1) is 11.3 Å². The Hall–Kier alpha value is -1.36. The van der Waals surface area contributed by atoms with E-state index in [-0.39, 0.29) is 5.91 Å². The number of nitrogens with two attached hydrogens (primary N) is 1. The Morgan fingerprint density at radius 2 is 1.92 bits per heavy atom. The number of primary amides is 1. The van der Waals surface area contributed by atoms with Crippen LogP contribution in [0.2, 0.25) is 0 Å². The monoisotopic (exact) mass is 364 g/mol. The van der Waals surface area contributed by atoms with Gasteiger partial charge in [0.25, 0.3) is 5.91 Å². The van der Waals surface area contributed by atoms with Crippen LogP contribution in [0.25, 0.3) is 0 Å². The number of carbonyl (C=O) groups is 2. The number of amides is 2. The molecule has 1 aromatic rings. The fourth-order valence-electron chi connectivity index (χ4n) is 3.74. The molecule has 0 radical (unpaired) electrons. The van der Waals surface area contributed by atoms with E-state index in [9.17, 15) is 9.59 Å².